The Labute approximate surface area is 468 Å². The van der Waals surface area contributed by atoms with Crippen molar-refractivity contribution in [3.63, 3.8) is 0 Å². The zero-order chi connectivity index (χ0) is 55.4. The predicted molar refractivity (Wildman–Crippen MR) is 316 cm³/mol. The van der Waals surface area contributed by atoms with Gasteiger partial charge in [-0.25, -0.2) is 0 Å². The van der Waals surface area contributed by atoms with Gasteiger partial charge in [-0.15, -0.1) is 0 Å². The van der Waals surface area contributed by atoms with Crippen molar-refractivity contribution in [2.75, 3.05) is 13.2 Å². The number of ether oxygens (including phenoxy) is 2. The van der Waals surface area contributed by atoms with Crippen LogP contribution in [0.1, 0.15) is 328 Å². The number of hydrogen-bond donors (Lipinski definition) is 8. The topological polar surface area (TPSA) is 189 Å². The van der Waals surface area contributed by atoms with E-state index in [2.05, 4.69) is 31.3 Å². The molecule has 9 unspecified atom stereocenters. The number of hydrogen-bond acceptors (Lipinski definition) is 10. The summed E-state index contributed by atoms with van der Waals surface area (Å²) in [5.41, 5.74) is 0. The SMILES string of the molecule is CCCCCCCCCCCCCCCCCCCCCCCCC/C=C/CCCC(O)C(O)C(COC1OC(CO)C(O)C(O)C1O)NC(=O)C(O)CCCCCCCCCCCCCCCCCCCCCCC. The van der Waals surface area contributed by atoms with Gasteiger partial charge in [0.15, 0.2) is 6.29 Å². The second-order valence-corrected chi connectivity index (χ2v) is 23.5. The Morgan fingerprint density at radius 2 is 0.776 bits per heavy atom. The van der Waals surface area contributed by atoms with Crippen LogP contribution < -0.4 is 5.32 Å². The van der Waals surface area contributed by atoms with Gasteiger partial charge in [0.25, 0.3) is 0 Å². The van der Waals surface area contributed by atoms with Crippen LogP contribution in [-0.4, -0.2) is 110 Å². The summed E-state index contributed by atoms with van der Waals surface area (Å²) in [4.78, 5) is 13.2. The molecule has 1 aliphatic heterocycles. The Hall–Kier alpha value is -1.15. The zero-order valence-electron chi connectivity index (χ0n) is 49.8. The van der Waals surface area contributed by atoms with E-state index >= 15 is 0 Å². The molecule has 8 N–H and O–H groups in total. The molecular formula is C65H127NO10. The number of aliphatic hydroxyl groups excluding tert-OH is 7. The second kappa shape index (κ2) is 54.4. The van der Waals surface area contributed by atoms with Gasteiger partial charge >= 0.3 is 0 Å². The molecule has 0 aliphatic carbocycles. The Morgan fingerprint density at radius 1 is 0.447 bits per heavy atom. The number of carbonyl (C=O) groups is 1. The van der Waals surface area contributed by atoms with Gasteiger partial charge in [-0.1, -0.05) is 302 Å². The molecule has 9 atom stereocenters. The first-order valence-electron chi connectivity index (χ1n) is 33.1. The largest absolute Gasteiger partial charge is 0.394 e. The summed E-state index contributed by atoms with van der Waals surface area (Å²) >= 11 is 0. The van der Waals surface area contributed by atoms with Crippen molar-refractivity contribution in [2.45, 2.75) is 384 Å². The van der Waals surface area contributed by atoms with Gasteiger partial charge in [-0.05, 0) is 38.5 Å². The molecule has 0 aromatic heterocycles. The van der Waals surface area contributed by atoms with Gasteiger partial charge in [0.2, 0.25) is 5.91 Å². The molecule has 0 saturated carbocycles. The number of amides is 1. The maximum atomic E-state index is 13.2. The fraction of sp³-hybridized carbons (Fsp3) is 0.954. The average Bonchev–Trinajstić information content (AvgIpc) is 3.42. The molecule has 1 heterocycles. The molecule has 452 valence electrons. The van der Waals surface area contributed by atoms with E-state index in [0.717, 1.165) is 38.5 Å². The van der Waals surface area contributed by atoms with Crippen LogP contribution in [0.2, 0.25) is 0 Å². The first-order valence-corrected chi connectivity index (χ1v) is 33.1. The number of nitrogens with one attached hydrogen (secondary N) is 1. The molecular weight excluding hydrogens is 955 g/mol. The number of carbonyl (C=O) groups excluding carboxylic acids is 1. The van der Waals surface area contributed by atoms with Gasteiger partial charge in [0.05, 0.1) is 25.4 Å². The number of allylic oxidation sites excluding steroid dienone is 2. The number of unbranched alkanes of at least 4 members (excludes halogenated alkanes) is 44. The van der Waals surface area contributed by atoms with Crippen LogP contribution in [0.5, 0.6) is 0 Å². The van der Waals surface area contributed by atoms with Crippen LogP contribution in [-0.2, 0) is 14.3 Å². The molecule has 11 heteroatoms. The van der Waals surface area contributed by atoms with Crippen LogP contribution >= 0.6 is 0 Å². The minimum absolute atomic E-state index is 0.260. The zero-order valence-corrected chi connectivity index (χ0v) is 49.8. The average molecular weight is 1080 g/mol. The van der Waals surface area contributed by atoms with Gasteiger partial charge in [0, 0.05) is 0 Å². The van der Waals surface area contributed by atoms with E-state index in [1.54, 1.807) is 0 Å². The van der Waals surface area contributed by atoms with E-state index in [1.807, 2.05) is 0 Å². The van der Waals surface area contributed by atoms with Crippen molar-refractivity contribution in [3.8, 4) is 0 Å². The third-order valence-corrected chi connectivity index (χ3v) is 16.3. The highest BCUT2D eigenvalue weighted by molar-refractivity contribution is 5.80. The summed E-state index contributed by atoms with van der Waals surface area (Å²) in [6.45, 7) is 3.50. The summed E-state index contributed by atoms with van der Waals surface area (Å²) in [5.74, 6) is -0.699. The molecule has 1 fully saturated rings. The van der Waals surface area contributed by atoms with E-state index in [0.29, 0.717) is 12.8 Å². The third-order valence-electron chi connectivity index (χ3n) is 16.3. The van der Waals surface area contributed by atoms with Gasteiger partial charge < -0.3 is 50.5 Å². The first-order chi connectivity index (χ1) is 37.2. The Kier molecular flexibility index (Phi) is 52.2. The molecule has 0 radical (unpaired) electrons. The van der Waals surface area contributed by atoms with E-state index in [1.165, 1.54) is 250 Å². The molecule has 1 amide bonds. The summed E-state index contributed by atoms with van der Waals surface area (Å²) < 4.78 is 11.2. The standard InChI is InChI=1S/C65H127NO10/c1-3-5-7-9-11-13-15-17-19-21-23-25-26-27-28-29-30-31-33-34-36-38-40-42-44-46-48-50-52-57(68)60(70)56(55-75-65-63(73)62(72)61(71)59(54-67)76-65)66-64(74)58(69)53-51-49-47-45-43-41-39-37-35-32-24-22-20-18-16-14-12-10-8-6-4-2/h44,46,56-63,65,67-73H,3-43,45,47-55H2,1-2H3,(H,66,74)/b46-44+. The van der Waals surface area contributed by atoms with Crippen molar-refractivity contribution in [1.29, 1.82) is 0 Å². The van der Waals surface area contributed by atoms with Crippen molar-refractivity contribution >= 4 is 5.91 Å². The molecule has 1 aliphatic rings. The molecule has 11 nitrogen and oxygen atoms in total. The number of rotatable bonds is 58. The fourth-order valence-electron chi connectivity index (χ4n) is 11.0. The summed E-state index contributed by atoms with van der Waals surface area (Å²) in [5, 5.41) is 76.4. The maximum Gasteiger partial charge on any atom is 0.249 e. The molecule has 76 heavy (non-hydrogen) atoms. The van der Waals surface area contributed by atoms with Crippen molar-refractivity contribution in [2.24, 2.45) is 0 Å². The van der Waals surface area contributed by atoms with Crippen molar-refractivity contribution in [1.82, 2.24) is 5.32 Å². The van der Waals surface area contributed by atoms with E-state index in [4.69, 9.17) is 9.47 Å². The minimum Gasteiger partial charge on any atom is -0.394 e. The quantitative estimate of drug-likeness (QED) is 0.0215. The second-order valence-electron chi connectivity index (χ2n) is 23.5. The minimum atomic E-state index is -1.67. The molecule has 0 aromatic carbocycles. The Morgan fingerprint density at radius 3 is 1.13 bits per heavy atom. The van der Waals surface area contributed by atoms with Gasteiger partial charge in [0.1, 0.15) is 36.6 Å². The van der Waals surface area contributed by atoms with E-state index < -0.39 is 74.2 Å². The fourth-order valence-corrected chi connectivity index (χ4v) is 11.0. The molecule has 0 aromatic rings. The van der Waals surface area contributed by atoms with Crippen LogP contribution in [0.4, 0.5) is 0 Å². The normalized spacial score (nSPS) is 19.6. The van der Waals surface area contributed by atoms with Crippen molar-refractivity contribution < 1.29 is 50.0 Å². The van der Waals surface area contributed by atoms with Crippen LogP contribution in [0, 0.1) is 0 Å². The highest BCUT2D eigenvalue weighted by atomic mass is 16.7. The van der Waals surface area contributed by atoms with E-state index in [9.17, 15) is 40.5 Å². The molecule has 0 spiro atoms. The number of aliphatic hydroxyl groups is 7. The highest BCUT2D eigenvalue weighted by Gasteiger charge is 2.44. The lowest BCUT2D eigenvalue weighted by Crippen LogP contribution is -2.60. The maximum absolute atomic E-state index is 13.2. The van der Waals surface area contributed by atoms with Crippen LogP contribution in [0.3, 0.4) is 0 Å². The van der Waals surface area contributed by atoms with Crippen LogP contribution in [0.15, 0.2) is 12.2 Å². The van der Waals surface area contributed by atoms with Gasteiger partial charge in [-0.2, -0.15) is 0 Å². The summed E-state index contributed by atoms with van der Waals surface area (Å²) in [7, 11) is 0. The Bertz CT molecular complexity index is 1240. The van der Waals surface area contributed by atoms with Gasteiger partial charge in [-0.3, -0.25) is 4.79 Å². The smallest absolute Gasteiger partial charge is 0.249 e. The van der Waals surface area contributed by atoms with E-state index in [-0.39, 0.29) is 12.8 Å². The lowest BCUT2D eigenvalue weighted by atomic mass is 9.98. The molecule has 1 saturated heterocycles. The summed E-state index contributed by atoms with van der Waals surface area (Å²) in [6, 6.07) is -1.18. The monoisotopic (exact) mass is 1080 g/mol. The third kappa shape index (κ3) is 41.8. The molecule has 0 bridgehead atoms. The first kappa shape index (κ1) is 72.9. The van der Waals surface area contributed by atoms with Crippen molar-refractivity contribution in [3.05, 3.63) is 12.2 Å². The highest BCUT2D eigenvalue weighted by Crippen LogP contribution is 2.24. The summed E-state index contributed by atoms with van der Waals surface area (Å²) in [6.07, 6.45) is 54.3. The lowest BCUT2D eigenvalue weighted by molar-refractivity contribution is -0.303. The predicted octanol–water partition coefficient (Wildman–Crippen LogP) is 15.1. The lowest BCUT2D eigenvalue weighted by Gasteiger charge is -2.40. The van der Waals surface area contributed by atoms with Crippen LogP contribution in [0.25, 0.3) is 0 Å². The molecule has 1 rings (SSSR count). The Balaban J connectivity index is 2.24.